The van der Waals surface area contributed by atoms with Gasteiger partial charge in [0.15, 0.2) is 6.61 Å². The summed E-state index contributed by atoms with van der Waals surface area (Å²) in [6.07, 6.45) is 1.04. The maximum Gasteiger partial charge on any atom is 0.260 e. The summed E-state index contributed by atoms with van der Waals surface area (Å²) in [4.78, 5) is 16.7. The van der Waals surface area contributed by atoms with Gasteiger partial charge in [-0.3, -0.25) is 9.69 Å². The number of halogens is 3. The second-order valence-electron chi connectivity index (χ2n) is 5.96. The van der Waals surface area contributed by atoms with E-state index in [4.69, 9.17) is 27.9 Å². The largest absolute Gasteiger partial charge is 0.484 e. The van der Waals surface area contributed by atoms with Gasteiger partial charge in [-0.25, -0.2) is 0 Å². The molecule has 2 heterocycles. The van der Waals surface area contributed by atoms with E-state index in [0.29, 0.717) is 21.8 Å². The number of hydrogen-bond acceptors (Lipinski definition) is 4. The zero-order valence-corrected chi connectivity index (χ0v) is 15.7. The van der Waals surface area contributed by atoms with Gasteiger partial charge in [-0.15, -0.1) is 12.4 Å². The number of nitrogens with zero attached hydrogens (tertiary/aromatic N) is 2. The van der Waals surface area contributed by atoms with Crippen molar-refractivity contribution in [3.05, 3.63) is 28.2 Å². The number of hydrogen-bond donors (Lipinski definition) is 1. The van der Waals surface area contributed by atoms with E-state index in [9.17, 15) is 4.79 Å². The van der Waals surface area contributed by atoms with Crippen molar-refractivity contribution in [2.24, 2.45) is 0 Å². The van der Waals surface area contributed by atoms with Gasteiger partial charge < -0.3 is 15.0 Å². The summed E-state index contributed by atoms with van der Waals surface area (Å²) in [7, 11) is 0. The van der Waals surface area contributed by atoms with Crippen molar-refractivity contribution >= 4 is 41.5 Å². The average molecular weight is 395 g/mol. The molecule has 2 saturated heterocycles. The number of amides is 1. The minimum absolute atomic E-state index is 0. The number of carbonyl (C=O) groups is 1. The van der Waals surface area contributed by atoms with Crippen molar-refractivity contribution < 1.29 is 9.53 Å². The molecule has 0 spiro atoms. The summed E-state index contributed by atoms with van der Waals surface area (Å²) in [5.41, 5.74) is 0. The van der Waals surface area contributed by atoms with Gasteiger partial charge in [0.05, 0.1) is 0 Å². The van der Waals surface area contributed by atoms with Crippen LogP contribution in [0.2, 0.25) is 10.0 Å². The van der Waals surface area contributed by atoms with Gasteiger partial charge in [-0.05, 0) is 24.6 Å². The van der Waals surface area contributed by atoms with Crippen LogP contribution in [-0.2, 0) is 4.79 Å². The molecule has 134 valence electrons. The van der Waals surface area contributed by atoms with E-state index < -0.39 is 0 Å². The summed E-state index contributed by atoms with van der Waals surface area (Å²) in [6.45, 7) is 5.79. The highest BCUT2D eigenvalue weighted by atomic mass is 35.5. The first kappa shape index (κ1) is 19.6. The van der Waals surface area contributed by atoms with Gasteiger partial charge in [0.2, 0.25) is 0 Å². The van der Waals surface area contributed by atoms with Crippen LogP contribution in [0.3, 0.4) is 0 Å². The van der Waals surface area contributed by atoms with E-state index in [0.717, 1.165) is 45.7 Å². The molecule has 24 heavy (non-hydrogen) atoms. The van der Waals surface area contributed by atoms with Crippen molar-refractivity contribution in [2.45, 2.75) is 12.5 Å². The summed E-state index contributed by atoms with van der Waals surface area (Å²) in [5, 5.41) is 4.36. The van der Waals surface area contributed by atoms with Crippen LogP contribution in [0, 0.1) is 0 Å². The third kappa shape index (κ3) is 5.14. The number of rotatable bonds is 4. The maximum atomic E-state index is 12.3. The number of carbonyl (C=O) groups excluding carboxylic acids is 1. The maximum absolute atomic E-state index is 12.3. The highest BCUT2D eigenvalue weighted by Gasteiger charge is 2.30. The third-order valence-corrected chi connectivity index (χ3v) is 4.82. The Balaban J connectivity index is 0.00000208. The van der Waals surface area contributed by atoms with E-state index in [1.54, 1.807) is 18.2 Å². The topological polar surface area (TPSA) is 44.8 Å². The predicted molar refractivity (Wildman–Crippen MR) is 98.6 cm³/mol. The molecule has 2 aliphatic heterocycles. The average Bonchev–Trinajstić information content (AvgIpc) is 3.03. The molecular weight excluding hydrogens is 373 g/mol. The van der Waals surface area contributed by atoms with E-state index in [-0.39, 0.29) is 24.9 Å². The van der Waals surface area contributed by atoms with Crippen molar-refractivity contribution in [1.29, 1.82) is 0 Å². The number of nitrogens with one attached hydrogen (secondary N) is 1. The SMILES string of the molecule is Cl.O=C(COc1cc(Cl)cc(Cl)c1)N1CCC(N2CCNCC2)C1. The summed E-state index contributed by atoms with van der Waals surface area (Å²) >= 11 is 11.9. The van der Waals surface area contributed by atoms with Crippen LogP contribution in [-0.4, -0.2) is 67.6 Å². The molecule has 1 aromatic rings. The van der Waals surface area contributed by atoms with Crippen LogP contribution in [0.4, 0.5) is 0 Å². The van der Waals surface area contributed by atoms with Crippen molar-refractivity contribution in [3.63, 3.8) is 0 Å². The standard InChI is InChI=1S/C16H21Cl2N3O2.ClH/c17-12-7-13(18)9-15(8-12)23-11-16(22)21-4-1-14(10-21)20-5-2-19-3-6-20;/h7-9,14,19H,1-6,10-11H2;1H. The van der Waals surface area contributed by atoms with Gasteiger partial charge in [0.1, 0.15) is 5.75 Å². The van der Waals surface area contributed by atoms with Gasteiger partial charge in [-0.2, -0.15) is 0 Å². The molecule has 1 amide bonds. The fourth-order valence-electron chi connectivity index (χ4n) is 3.16. The van der Waals surface area contributed by atoms with E-state index in [2.05, 4.69) is 10.2 Å². The zero-order chi connectivity index (χ0) is 16.2. The normalized spacial score (nSPS) is 21.4. The molecule has 5 nitrogen and oxygen atoms in total. The summed E-state index contributed by atoms with van der Waals surface area (Å²) in [5.74, 6) is 0.535. The Labute approximate surface area is 158 Å². The first-order valence-corrected chi connectivity index (χ1v) is 8.69. The minimum Gasteiger partial charge on any atom is -0.484 e. The molecule has 2 fully saturated rings. The molecule has 3 rings (SSSR count). The Hall–Kier alpha value is -0.720. The third-order valence-electron chi connectivity index (χ3n) is 4.38. The molecule has 0 bridgehead atoms. The van der Waals surface area contributed by atoms with Crippen molar-refractivity contribution in [1.82, 2.24) is 15.1 Å². The Morgan fingerprint density at radius 3 is 2.50 bits per heavy atom. The quantitative estimate of drug-likeness (QED) is 0.851. The van der Waals surface area contributed by atoms with Crippen LogP contribution in [0.25, 0.3) is 0 Å². The molecule has 8 heteroatoms. The lowest BCUT2D eigenvalue weighted by atomic mass is 10.2. The smallest absolute Gasteiger partial charge is 0.260 e. The Morgan fingerprint density at radius 1 is 1.17 bits per heavy atom. The van der Waals surface area contributed by atoms with E-state index in [1.165, 1.54) is 0 Å². The highest BCUT2D eigenvalue weighted by Crippen LogP contribution is 2.24. The molecule has 1 aromatic carbocycles. The lowest BCUT2D eigenvalue weighted by Gasteiger charge is -2.32. The minimum atomic E-state index is 0. The van der Waals surface area contributed by atoms with Crippen LogP contribution in [0.5, 0.6) is 5.75 Å². The van der Waals surface area contributed by atoms with Gasteiger partial charge in [-0.1, -0.05) is 23.2 Å². The lowest BCUT2D eigenvalue weighted by Crippen LogP contribution is -2.49. The molecule has 1 atom stereocenters. The van der Waals surface area contributed by atoms with Crippen LogP contribution < -0.4 is 10.1 Å². The molecule has 1 N–H and O–H groups in total. The highest BCUT2D eigenvalue weighted by molar-refractivity contribution is 6.34. The number of benzene rings is 1. The molecule has 2 aliphatic rings. The van der Waals surface area contributed by atoms with Gasteiger partial charge in [0, 0.05) is 55.4 Å². The van der Waals surface area contributed by atoms with Crippen LogP contribution in [0.15, 0.2) is 18.2 Å². The second kappa shape index (κ2) is 9.11. The second-order valence-corrected chi connectivity index (χ2v) is 6.83. The monoisotopic (exact) mass is 393 g/mol. The van der Waals surface area contributed by atoms with E-state index in [1.807, 2.05) is 4.90 Å². The molecular formula is C16H22Cl3N3O2. The lowest BCUT2D eigenvalue weighted by molar-refractivity contribution is -0.132. The predicted octanol–water partition coefficient (Wildman–Crippen LogP) is 2.30. The van der Waals surface area contributed by atoms with Crippen LogP contribution >= 0.6 is 35.6 Å². The fourth-order valence-corrected chi connectivity index (χ4v) is 3.67. The van der Waals surface area contributed by atoms with Gasteiger partial charge in [0.25, 0.3) is 5.91 Å². The Morgan fingerprint density at radius 2 is 1.83 bits per heavy atom. The summed E-state index contributed by atoms with van der Waals surface area (Å²) in [6, 6.07) is 5.43. The van der Waals surface area contributed by atoms with Crippen LogP contribution in [0.1, 0.15) is 6.42 Å². The van der Waals surface area contributed by atoms with Crippen molar-refractivity contribution in [3.8, 4) is 5.75 Å². The van der Waals surface area contributed by atoms with Crippen molar-refractivity contribution in [2.75, 3.05) is 45.9 Å². The Kier molecular flexibility index (Phi) is 7.44. The number of ether oxygens (including phenoxy) is 1. The first-order chi connectivity index (χ1) is 11.1. The molecule has 0 aromatic heterocycles. The van der Waals surface area contributed by atoms with E-state index >= 15 is 0 Å². The zero-order valence-electron chi connectivity index (χ0n) is 13.3. The molecule has 0 aliphatic carbocycles. The fraction of sp³-hybridized carbons (Fsp3) is 0.562. The first-order valence-electron chi connectivity index (χ1n) is 7.93. The number of likely N-dealkylation sites (tertiary alicyclic amines) is 1. The Bertz CT molecular complexity index is 547. The summed E-state index contributed by atoms with van der Waals surface area (Å²) < 4.78 is 5.54. The van der Waals surface area contributed by atoms with Gasteiger partial charge >= 0.3 is 0 Å². The number of piperazine rings is 1. The molecule has 0 radical (unpaired) electrons. The molecule has 1 unspecified atom stereocenters. The molecule has 0 saturated carbocycles.